The predicted octanol–water partition coefficient (Wildman–Crippen LogP) is 9.01. The first-order valence-electron chi connectivity index (χ1n) is 13.6. The maximum Gasteiger partial charge on any atom is 0.192 e. The third-order valence-corrected chi connectivity index (χ3v) is 22.2. The van der Waals surface area contributed by atoms with Gasteiger partial charge >= 0.3 is 0 Å². The van der Waals surface area contributed by atoms with Crippen LogP contribution in [0.2, 0.25) is 54.4 Å². The summed E-state index contributed by atoms with van der Waals surface area (Å²) in [5.41, 5.74) is 1.17. The summed E-state index contributed by atoms with van der Waals surface area (Å²) in [6.45, 7) is 36.1. The van der Waals surface area contributed by atoms with Gasteiger partial charge in [-0.25, -0.2) is 0 Å². The SMILES string of the molecule is CC(C)(C)[Si](C)(C)OC[C@H](O[Si](C)(C)C(C)(C)C)[C@H](COCc1ccccc1)O[Si](C)(C)C(C)(C)C. The minimum absolute atomic E-state index is 0.0898. The van der Waals surface area contributed by atoms with Crippen LogP contribution in [0.3, 0.4) is 0 Å². The topological polar surface area (TPSA) is 36.9 Å². The summed E-state index contributed by atoms with van der Waals surface area (Å²) in [5, 5.41) is 0.315. The maximum absolute atomic E-state index is 7.09. The molecule has 0 bridgehead atoms. The fraction of sp³-hybridized carbons (Fsp3) is 0.793. The molecule has 0 aromatic heterocycles. The first-order valence-corrected chi connectivity index (χ1v) is 22.3. The Hall–Kier alpha value is -0.289. The predicted molar refractivity (Wildman–Crippen MR) is 163 cm³/mol. The molecule has 0 aliphatic rings. The van der Waals surface area contributed by atoms with Crippen LogP contribution in [-0.4, -0.2) is 50.4 Å². The van der Waals surface area contributed by atoms with E-state index in [-0.39, 0.29) is 27.3 Å². The zero-order valence-corrected chi connectivity index (χ0v) is 29.3. The lowest BCUT2D eigenvalue weighted by atomic mass is 10.2. The lowest BCUT2D eigenvalue weighted by molar-refractivity contribution is -0.0458. The molecule has 1 aromatic rings. The fourth-order valence-corrected chi connectivity index (χ4v) is 6.59. The lowest BCUT2D eigenvalue weighted by Gasteiger charge is -2.46. The monoisotopic (exact) mass is 554 g/mol. The van der Waals surface area contributed by atoms with E-state index in [1.807, 2.05) is 6.07 Å². The molecule has 0 N–H and O–H groups in total. The number of hydrogen-bond donors (Lipinski definition) is 0. The second kappa shape index (κ2) is 12.3. The molecular weight excluding hydrogens is 497 g/mol. The largest absolute Gasteiger partial charge is 0.414 e. The summed E-state index contributed by atoms with van der Waals surface area (Å²) in [7, 11) is -6.13. The maximum atomic E-state index is 7.09. The van der Waals surface area contributed by atoms with E-state index < -0.39 is 25.0 Å². The van der Waals surface area contributed by atoms with Crippen molar-refractivity contribution in [3.8, 4) is 0 Å². The van der Waals surface area contributed by atoms with Gasteiger partial charge in [0, 0.05) is 0 Å². The van der Waals surface area contributed by atoms with Gasteiger partial charge in [0.1, 0.15) is 0 Å². The number of benzene rings is 1. The van der Waals surface area contributed by atoms with E-state index in [0.717, 1.165) is 0 Å². The van der Waals surface area contributed by atoms with E-state index >= 15 is 0 Å². The van der Waals surface area contributed by atoms with Gasteiger partial charge in [0.25, 0.3) is 0 Å². The van der Waals surface area contributed by atoms with Crippen LogP contribution in [0, 0.1) is 0 Å². The smallest absolute Gasteiger partial charge is 0.192 e. The summed E-state index contributed by atoms with van der Waals surface area (Å²) >= 11 is 0. The third kappa shape index (κ3) is 9.79. The van der Waals surface area contributed by atoms with Crippen LogP contribution in [0.15, 0.2) is 30.3 Å². The Labute approximate surface area is 227 Å². The van der Waals surface area contributed by atoms with Gasteiger partial charge in [0.2, 0.25) is 0 Å². The summed E-state index contributed by atoms with van der Waals surface area (Å²) in [4.78, 5) is 0. The molecule has 0 unspecified atom stereocenters. The van der Waals surface area contributed by atoms with Crippen LogP contribution in [0.1, 0.15) is 67.9 Å². The molecule has 1 aromatic carbocycles. The Balaban J connectivity index is 3.32. The van der Waals surface area contributed by atoms with Crippen molar-refractivity contribution in [1.29, 1.82) is 0 Å². The highest BCUT2D eigenvalue weighted by atomic mass is 28.4. The van der Waals surface area contributed by atoms with Crippen molar-refractivity contribution in [3.05, 3.63) is 35.9 Å². The Bertz CT molecular complexity index is 787. The highest BCUT2D eigenvalue weighted by Crippen LogP contribution is 2.41. The van der Waals surface area contributed by atoms with Crippen molar-refractivity contribution in [3.63, 3.8) is 0 Å². The van der Waals surface area contributed by atoms with E-state index in [1.54, 1.807) is 0 Å². The van der Waals surface area contributed by atoms with E-state index in [9.17, 15) is 0 Å². The Morgan fingerprint density at radius 2 is 0.972 bits per heavy atom. The quantitative estimate of drug-likeness (QED) is 0.242. The molecule has 210 valence electrons. The zero-order valence-electron chi connectivity index (χ0n) is 26.3. The molecular formula is C29H58O4Si3. The van der Waals surface area contributed by atoms with Crippen LogP contribution >= 0.6 is 0 Å². The molecule has 0 fully saturated rings. The Morgan fingerprint density at radius 1 is 0.583 bits per heavy atom. The van der Waals surface area contributed by atoms with Crippen LogP contribution in [-0.2, 0) is 24.6 Å². The van der Waals surface area contributed by atoms with Gasteiger partial charge in [-0.1, -0.05) is 92.6 Å². The number of rotatable bonds is 12. The molecule has 4 nitrogen and oxygen atoms in total. The summed E-state index contributed by atoms with van der Waals surface area (Å²) in [5.74, 6) is 0. The second-order valence-electron chi connectivity index (χ2n) is 14.9. The van der Waals surface area contributed by atoms with Crippen molar-refractivity contribution in [2.75, 3.05) is 13.2 Å². The average Bonchev–Trinajstić information content (AvgIpc) is 2.68. The molecule has 0 radical (unpaired) electrons. The van der Waals surface area contributed by atoms with Crippen LogP contribution in [0.4, 0.5) is 0 Å². The van der Waals surface area contributed by atoms with Crippen LogP contribution in [0.5, 0.6) is 0 Å². The Morgan fingerprint density at radius 3 is 1.36 bits per heavy atom. The van der Waals surface area contributed by atoms with Gasteiger partial charge in [-0.2, -0.15) is 0 Å². The molecule has 0 aliphatic carbocycles. The van der Waals surface area contributed by atoms with Crippen LogP contribution < -0.4 is 0 Å². The summed E-state index contributed by atoms with van der Waals surface area (Å²) < 4.78 is 27.2. The molecule has 0 saturated heterocycles. The molecule has 0 spiro atoms. The normalized spacial score (nSPS) is 16.2. The highest BCUT2D eigenvalue weighted by Gasteiger charge is 2.46. The van der Waals surface area contributed by atoms with Gasteiger partial charge in [-0.15, -0.1) is 0 Å². The summed E-state index contributed by atoms with van der Waals surface area (Å²) in [6.07, 6.45) is -0.363. The second-order valence-corrected chi connectivity index (χ2v) is 29.2. The highest BCUT2D eigenvalue weighted by molar-refractivity contribution is 6.75. The van der Waals surface area contributed by atoms with Gasteiger partial charge in [-0.3, -0.25) is 0 Å². The van der Waals surface area contributed by atoms with E-state index in [1.165, 1.54) is 5.56 Å². The molecule has 0 saturated carbocycles. The van der Waals surface area contributed by atoms with Crippen molar-refractivity contribution in [2.24, 2.45) is 0 Å². The standard InChI is InChI=1S/C29H58O4Si3/c1-27(2,3)34(10,11)31-23-26(33-36(14,15)29(7,8)9)25(32-35(12,13)28(4,5)6)22-30-21-24-19-17-16-18-20-24/h16-20,25-26H,21-23H2,1-15H3/t25-,26-/m0/s1. The minimum Gasteiger partial charge on any atom is -0.414 e. The van der Waals surface area contributed by atoms with Crippen molar-refractivity contribution in [2.45, 2.75) is 136 Å². The van der Waals surface area contributed by atoms with E-state index in [2.05, 4.69) is 126 Å². The first-order chi connectivity index (χ1) is 16.0. The van der Waals surface area contributed by atoms with Crippen molar-refractivity contribution >= 4 is 25.0 Å². The van der Waals surface area contributed by atoms with Gasteiger partial charge in [0.15, 0.2) is 25.0 Å². The molecule has 36 heavy (non-hydrogen) atoms. The van der Waals surface area contributed by atoms with E-state index in [4.69, 9.17) is 18.0 Å². The van der Waals surface area contributed by atoms with Crippen molar-refractivity contribution in [1.82, 2.24) is 0 Å². The summed E-state index contributed by atoms with van der Waals surface area (Å²) in [6, 6.07) is 10.4. The van der Waals surface area contributed by atoms with Gasteiger partial charge < -0.3 is 18.0 Å². The zero-order chi connectivity index (χ0) is 28.2. The fourth-order valence-electron chi connectivity index (χ4n) is 2.92. The lowest BCUT2D eigenvalue weighted by Crippen LogP contribution is -2.55. The minimum atomic E-state index is -2.08. The third-order valence-electron chi connectivity index (χ3n) is 8.73. The molecule has 0 amide bonds. The first kappa shape index (κ1) is 33.7. The van der Waals surface area contributed by atoms with E-state index in [0.29, 0.717) is 19.8 Å². The molecule has 2 atom stereocenters. The van der Waals surface area contributed by atoms with Crippen LogP contribution in [0.25, 0.3) is 0 Å². The average molecular weight is 555 g/mol. The molecule has 7 heteroatoms. The number of hydrogen-bond acceptors (Lipinski definition) is 4. The molecule has 0 aliphatic heterocycles. The molecule has 0 heterocycles. The van der Waals surface area contributed by atoms with Gasteiger partial charge in [-0.05, 0) is 60.0 Å². The van der Waals surface area contributed by atoms with Gasteiger partial charge in [0.05, 0.1) is 32.0 Å². The van der Waals surface area contributed by atoms with Crippen molar-refractivity contribution < 1.29 is 18.0 Å². The number of ether oxygens (including phenoxy) is 1. The Kier molecular flexibility index (Phi) is 11.5. The molecule has 1 rings (SSSR count).